The first kappa shape index (κ1) is 12.3. The smallest absolute Gasteiger partial charge is 0.337 e. The highest BCUT2D eigenvalue weighted by atomic mass is 16.4. The van der Waals surface area contributed by atoms with Gasteiger partial charge in [0.05, 0.1) is 5.56 Å². The lowest BCUT2D eigenvalue weighted by Gasteiger charge is -2.25. The molecule has 1 amide bonds. The first-order valence-electron chi connectivity index (χ1n) is 5.71. The fraction of sp³-hybridized carbons (Fsp3) is 0.308. The van der Waals surface area contributed by atoms with Crippen LogP contribution in [0.4, 0.5) is 0 Å². The van der Waals surface area contributed by atoms with Crippen LogP contribution < -0.4 is 0 Å². The molecule has 0 aliphatic carbocycles. The van der Waals surface area contributed by atoms with Gasteiger partial charge in [-0.2, -0.15) is 0 Å². The molecule has 1 aliphatic rings. The molecule has 2 heterocycles. The van der Waals surface area contributed by atoms with Gasteiger partial charge < -0.3 is 10.0 Å². The topological polar surface area (TPSA) is 70.5 Å². The number of hydrogen-bond acceptors (Lipinski definition) is 3. The Morgan fingerprint density at radius 1 is 1.39 bits per heavy atom. The van der Waals surface area contributed by atoms with Crippen molar-refractivity contribution in [1.29, 1.82) is 0 Å². The number of carboxylic acids is 1. The van der Waals surface area contributed by atoms with Crippen LogP contribution in [0.3, 0.4) is 0 Å². The lowest BCUT2D eigenvalue weighted by Crippen LogP contribution is -2.32. The van der Waals surface area contributed by atoms with Crippen molar-refractivity contribution in [3.63, 3.8) is 0 Å². The molecule has 1 aromatic heterocycles. The molecule has 0 radical (unpaired) electrons. The van der Waals surface area contributed by atoms with Gasteiger partial charge in [-0.15, -0.1) is 0 Å². The summed E-state index contributed by atoms with van der Waals surface area (Å²) >= 11 is 0. The summed E-state index contributed by atoms with van der Waals surface area (Å²) in [7, 11) is 0. The maximum absolute atomic E-state index is 11.2. The van der Waals surface area contributed by atoms with Crippen molar-refractivity contribution < 1.29 is 14.7 Å². The highest BCUT2D eigenvalue weighted by Gasteiger charge is 2.15. The van der Waals surface area contributed by atoms with E-state index in [2.05, 4.69) is 4.98 Å². The Morgan fingerprint density at radius 2 is 2.17 bits per heavy atom. The lowest BCUT2D eigenvalue weighted by molar-refractivity contribution is -0.128. The van der Waals surface area contributed by atoms with E-state index in [1.165, 1.54) is 6.20 Å². The van der Waals surface area contributed by atoms with Crippen molar-refractivity contribution in [3.8, 4) is 0 Å². The molecule has 18 heavy (non-hydrogen) atoms. The third-order valence-electron chi connectivity index (χ3n) is 3.01. The molecule has 1 aliphatic heterocycles. The number of carbonyl (C=O) groups is 2. The number of rotatable bonds is 2. The Morgan fingerprint density at radius 3 is 2.72 bits per heavy atom. The van der Waals surface area contributed by atoms with Crippen molar-refractivity contribution in [1.82, 2.24) is 9.88 Å². The second-order valence-corrected chi connectivity index (χ2v) is 4.21. The van der Waals surface area contributed by atoms with Crippen LogP contribution >= 0.6 is 0 Å². The van der Waals surface area contributed by atoms with Gasteiger partial charge in [-0.05, 0) is 23.6 Å². The first-order valence-corrected chi connectivity index (χ1v) is 5.71. The van der Waals surface area contributed by atoms with Crippen molar-refractivity contribution in [2.24, 2.45) is 0 Å². The van der Waals surface area contributed by atoms with E-state index in [1.807, 2.05) is 6.08 Å². The zero-order valence-corrected chi connectivity index (χ0v) is 10.1. The molecular formula is C13H14N2O3. The normalized spacial score (nSPS) is 15.2. The maximum atomic E-state index is 11.2. The monoisotopic (exact) mass is 246 g/mol. The van der Waals surface area contributed by atoms with E-state index >= 15 is 0 Å². The van der Waals surface area contributed by atoms with Crippen LogP contribution in [0.1, 0.15) is 29.3 Å². The van der Waals surface area contributed by atoms with E-state index in [0.29, 0.717) is 13.1 Å². The van der Waals surface area contributed by atoms with Crippen LogP contribution in [0.25, 0.3) is 5.57 Å². The molecule has 1 N–H and O–H groups in total. The molecule has 94 valence electrons. The molecule has 5 nitrogen and oxygen atoms in total. The van der Waals surface area contributed by atoms with Gasteiger partial charge in [-0.25, -0.2) is 4.79 Å². The standard InChI is InChI=1S/C13H14N2O3/c1-9(16)15-4-2-10(3-5-15)11-6-12(13(17)18)8-14-7-11/h2,6-8H,3-5H2,1H3,(H,17,18). The van der Waals surface area contributed by atoms with E-state index < -0.39 is 5.97 Å². The van der Waals surface area contributed by atoms with Crippen LogP contribution in [0.2, 0.25) is 0 Å². The van der Waals surface area contributed by atoms with Gasteiger partial charge in [0.15, 0.2) is 0 Å². The average Bonchev–Trinajstić information content (AvgIpc) is 2.39. The van der Waals surface area contributed by atoms with Gasteiger partial charge >= 0.3 is 5.97 Å². The molecule has 2 rings (SSSR count). The minimum absolute atomic E-state index is 0.0581. The molecule has 0 saturated heterocycles. The Balaban J connectivity index is 2.20. The third kappa shape index (κ3) is 2.56. The molecule has 1 aromatic rings. The number of amides is 1. The summed E-state index contributed by atoms with van der Waals surface area (Å²) < 4.78 is 0. The van der Waals surface area contributed by atoms with Crippen LogP contribution in [0.5, 0.6) is 0 Å². The van der Waals surface area contributed by atoms with Gasteiger partial charge in [0.25, 0.3) is 0 Å². The number of carbonyl (C=O) groups excluding carboxylic acids is 1. The Labute approximate surface area is 105 Å². The maximum Gasteiger partial charge on any atom is 0.337 e. The molecule has 0 spiro atoms. The fourth-order valence-corrected chi connectivity index (χ4v) is 1.95. The number of aromatic carboxylic acids is 1. The zero-order chi connectivity index (χ0) is 13.1. The van der Waals surface area contributed by atoms with E-state index in [0.717, 1.165) is 17.6 Å². The number of carboxylic acid groups (broad SMARTS) is 1. The zero-order valence-electron chi connectivity index (χ0n) is 10.1. The number of nitrogens with zero attached hydrogens (tertiary/aromatic N) is 2. The first-order chi connectivity index (χ1) is 8.58. The van der Waals surface area contributed by atoms with Crippen molar-refractivity contribution in [2.45, 2.75) is 13.3 Å². The predicted octanol–water partition coefficient (Wildman–Crippen LogP) is 1.42. The summed E-state index contributed by atoms with van der Waals surface area (Å²) in [6.45, 7) is 2.78. The minimum atomic E-state index is -0.980. The summed E-state index contributed by atoms with van der Waals surface area (Å²) in [5.74, 6) is -0.922. The van der Waals surface area contributed by atoms with Crippen LogP contribution in [-0.2, 0) is 4.79 Å². The van der Waals surface area contributed by atoms with Gasteiger partial charge in [0, 0.05) is 32.4 Å². The summed E-state index contributed by atoms with van der Waals surface area (Å²) in [4.78, 5) is 27.7. The SMILES string of the molecule is CC(=O)N1CC=C(c2cncc(C(=O)O)c2)CC1. The molecule has 0 bridgehead atoms. The largest absolute Gasteiger partial charge is 0.478 e. The van der Waals surface area contributed by atoms with Crippen LogP contribution in [-0.4, -0.2) is 40.0 Å². The molecule has 0 aromatic carbocycles. The van der Waals surface area contributed by atoms with E-state index in [-0.39, 0.29) is 11.5 Å². The van der Waals surface area contributed by atoms with Crippen molar-refractivity contribution in [2.75, 3.05) is 13.1 Å². The fourth-order valence-electron chi connectivity index (χ4n) is 1.95. The highest BCUT2D eigenvalue weighted by Crippen LogP contribution is 2.22. The molecule has 5 heteroatoms. The molecule has 0 atom stereocenters. The second kappa shape index (κ2) is 5.00. The van der Waals surface area contributed by atoms with Crippen molar-refractivity contribution in [3.05, 3.63) is 35.7 Å². The number of aromatic nitrogens is 1. The molecule has 0 unspecified atom stereocenters. The van der Waals surface area contributed by atoms with E-state index in [4.69, 9.17) is 5.11 Å². The predicted molar refractivity (Wildman–Crippen MR) is 66.0 cm³/mol. The summed E-state index contributed by atoms with van der Waals surface area (Å²) in [6, 6.07) is 1.62. The summed E-state index contributed by atoms with van der Waals surface area (Å²) in [6.07, 6.45) is 5.66. The third-order valence-corrected chi connectivity index (χ3v) is 3.01. The van der Waals surface area contributed by atoms with E-state index in [9.17, 15) is 9.59 Å². The van der Waals surface area contributed by atoms with Gasteiger partial charge in [-0.1, -0.05) is 6.08 Å². The Bertz CT molecular complexity index is 523. The molecule has 0 fully saturated rings. The molecular weight excluding hydrogens is 232 g/mol. The lowest BCUT2D eigenvalue weighted by atomic mass is 10.00. The highest BCUT2D eigenvalue weighted by molar-refractivity contribution is 5.88. The van der Waals surface area contributed by atoms with Crippen molar-refractivity contribution >= 4 is 17.4 Å². The van der Waals surface area contributed by atoms with Gasteiger partial charge in [0.2, 0.25) is 5.91 Å². The van der Waals surface area contributed by atoms with E-state index in [1.54, 1.807) is 24.1 Å². The summed E-state index contributed by atoms with van der Waals surface area (Å²) in [5, 5.41) is 8.91. The second-order valence-electron chi connectivity index (χ2n) is 4.21. The van der Waals surface area contributed by atoms with Gasteiger partial charge in [-0.3, -0.25) is 9.78 Å². The molecule has 0 saturated carbocycles. The number of hydrogen-bond donors (Lipinski definition) is 1. The quantitative estimate of drug-likeness (QED) is 0.856. The van der Waals surface area contributed by atoms with Gasteiger partial charge in [0.1, 0.15) is 0 Å². The Kier molecular flexibility index (Phi) is 3.41. The van der Waals surface area contributed by atoms with Crippen LogP contribution in [0.15, 0.2) is 24.5 Å². The average molecular weight is 246 g/mol. The Hall–Kier alpha value is -2.17. The minimum Gasteiger partial charge on any atom is -0.478 e. The summed E-state index contributed by atoms with van der Waals surface area (Å²) in [5.41, 5.74) is 2.04. The number of pyridine rings is 1. The van der Waals surface area contributed by atoms with Crippen LogP contribution in [0, 0.1) is 0 Å².